The van der Waals surface area contributed by atoms with E-state index in [9.17, 15) is 0 Å². The molecule has 0 bridgehead atoms. The van der Waals surface area contributed by atoms with Crippen LogP contribution in [0.15, 0.2) is 24.3 Å². The monoisotopic (exact) mass is 218 g/mol. The molecule has 1 fully saturated rings. The molecule has 2 rings (SSSR count). The van der Waals surface area contributed by atoms with Crippen molar-refractivity contribution in [3.8, 4) is 0 Å². The van der Waals surface area contributed by atoms with E-state index in [1.54, 1.807) is 0 Å². The first-order valence-corrected chi connectivity index (χ1v) is 6.09. The van der Waals surface area contributed by atoms with Crippen LogP contribution in [0.2, 0.25) is 0 Å². The van der Waals surface area contributed by atoms with Crippen LogP contribution in [0.1, 0.15) is 25.0 Å². The predicted molar refractivity (Wildman–Crippen MR) is 68.5 cm³/mol. The van der Waals surface area contributed by atoms with Crippen molar-refractivity contribution in [2.75, 3.05) is 19.6 Å². The van der Waals surface area contributed by atoms with Crippen LogP contribution in [-0.4, -0.2) is 30.1 Å². The largest absolute Gasteiger partial charge is 0.314 e. The minimum absolute atomic E-state index is 0.267. The first kappa shape index (κ1) is 11.6. The normalized spacial score (nSPS) is 20.9. The van der Waals surface area contributed by atoms with Crippen molar-refractivity contribution in [1.29, 1.82) is 0 Å². The van der Waals surface area contributed by atoms with E-state index in [1.807, 2.05) is 0 Å². The van der Waals surface area contributed by atoms with Crippen molar-refractivity contribution in [2.24, 2.45) is 0 Å². The second-order valence-electron chi connectivity index (χ2n) is 5.40. The van der Waals surface area contributed by atoms with E-state index in [0.717, 1.165) is 26.2 Å². The Morgan fingerprint density at radius 3 is 2.56 bits per heavy atom. The molecule has 0 atom stereocenters. The Morgan fingerprint density at radius 1 is 1.25 bits per heavy atom. The smallest absolute Gasteiger partial charge is 0.0281 e. The van der Waals surface area contributed by atoms with E-state index in [1.165, 1.54) is 11.1 Å². The van der Waals surface area contributed by atoms with Crippen molar-refractivity contribution in [1.82, 2.24) is 10.2 Å². The molecule has 0 aromatic heterocycles. The Balaban J connectivity index is 2.05. The van der Waals surface area contributed by atoms with Crippen LogP contribution in [0.3, 0.4) is 0 Å². The molecular formula is C14H22N2. The highest BCUT2D eigenvalue weighted by molar-refractivity contribution is 5.21. The summed E-state index contributed by atoms with van der Waals surface area (Å²) in [4.78, 5) is 2.56. The number of nitrogens with zero attached hydrogens (tertiary/aromatic N) is 1. The van der Waals surface area contributed by atoms with Gasteiger partial charge in [0.05, 0.1) is 0 Å². The van der Waals surface area contributed by atoms with Gasteiger partial charge >= 0.3 is 0 Å². The van der Waals surface area contributed by atoms with Gasteiger partial charge in [-0.25, -0.2) is 0 Å². The van der Waals surface area contributed by atoms with Crippen molar-refractivity contribution in [3.05, 3.63) is 35.4 Å². The lowest BCUT2D eigenvalue weighted by Crippen LogP contribution is -2.57. The first-order chi connectivity index (χ1) is 7.58. The summed E-state index contributed by atoms with van der Waals surface area (Å²) in [5, 5.41) is 3.46. The first-order valence-electron chi connectivity index (χ1n) is 6.09. The molecule has 1 aromatic rings. The van der Waals surface area contributed by atoms with Gasteiger partial charge in [-0.3, -0.25) is 4.90 Å². The summed E-state index contributed by atoms with van der Waals surface area (Å²) in [5.74, 6) is 0. The lowest BCUT2D eigenvalue weighted by molar-refractivity contribution is 0.0827. The third-order valence-corrected chi connectivity index (χ3v) is 3.47. The Labute approximate surface area is 98.7 Å². The zero-order chi connectivity index (χ0) is 11.6. The highest BCUT2D eigenvalue weighted by Gasteiger charge is 2.29. The van der Waals surface area contributed by atoms with E-state index < -0.39 is 0 Å². The molecule has 1 aromatic carbocycles. The molecule has 2 heteroatoms. The topological polar surface area (TPSA) is 15.3 Å². The molecule has 2 nitrogen and oxygen atoms in total. The second-order valence-corrected chi connectivity index (χ2v) is 5.40. The summed E-state index contributed by atoms with van der Waals surface area (Å²) >= 11 is 0. The van der Waals surface area contributed by atoms with E-state index >= 15 is 0 Å². The van der Waals surface area contributed by atoms with Gasteiger partial charge < -0.3 is 5.32 Å². The average Bonchev–Trinajstić information content (AvgIpc) is 2.24. The quantitative estimate of drug-likeness (QED) is 0.818. The Kier molecular flexibility index (Phi) is 3.31. The van der Waals surface area contributed by atoms with Crippen LogP contribution in [0.4, 0.5) is 0 Å². The standard InChI is InChI=1S/C14H22N2/c1-12-4-6-13(7-5-12)10-16-9-8-15-11-14(16,2)3/h4-7,15H,8-11H2,1-3H3. The number of aryl methyl sites for hydroxylation is 1. The number of hydrogen-bond donors (Lipinski definition) is 1. The van der Waals surface area contributed by atoms with Gasteiger partial charge in [0.1, 0.15) is 0 Å². The third kappa shape index (κ3) is 2.63. The van der Waals surface area contributed by atoms with E-state index in [4.69, 9.17) is 0 Å². The van der Waals surface area contributed by atoms with Crippen molar-refractivity contribution < 1.29 is 0 Å². The molecule has 16 heavy (non-hydrogen) atoms. The summed E-state index contributed by atoms with van der Waals surface area (Å²) < 4.78 is 0. The summed E-state index contributed by atoms with van der Waals surface area (Å²) in [6, 6.07) is 8.88. The lowest BCUT2D eigenvalue weighted by atomic mass is 9.99. The SMILES string of the molecule is Cc1ccc(CN2CCNCC2(C)C)cc1. The molecule has 1 heterocycles. The fourth-order valence-electron chi connectivity index (χ4n) is 2.23. The summed E-state index contributed by atoms with van der Waals surface area (Å²) in [7, 11) is 0. The maximum absolute atomic E-state index is 3.46. The molecule has 0 radical (unpaired) electrons. The minimum Gasteiger partial charge on any atom is -0.314 e. The molecule has 1 N–H and O–H groups in total. The highest BCUT2D eigenvalue weighted by Crippen LogP contribution is 2.19. The average molecular weight is 218 g/mol. The van der Waals surface area contributed by atoms with Gasteiger partial charge in [-0.05, 0) is 26.3 Å². The summed E-state index contributed by atoms with van der Waals surface area (Å²) in [6.45, 7) is 11.2. The molecule has 0 spiro atoms. The summed E-state index contributed by atoms with van der Waals surface area (Å²) in [6.07, 6.45) is 0. The number of piperazine rings is 1. The zero-order valence-electron chi connectivity index (χ0n) is 10.6. The molecule has 0 aliphatic carbocycles. The van der Waals surface area contributed by atoms with E-state index in [0.29, 0.717) is 0 Å². The van der Waals surface area contributed by atoms with Crippen LogP contribution in [-0.2, 0) is 6.54 Å². The van der Waals surface area contributed by atoms with Gasteiger partial charge in [0.15, 0.2) is 0 Å². The molecule has 88 valence electrons. The van der Waals surface area contributed by atoms with Gasteiger partial charge in [-0.1, -0.05) is 29.8 Å². The minimum atomic E-state index is 0.267. The Morgan fingerprint density at radius 2 is 1.94 bits per heavy atom. The number of nitrogens with one attached hydrogen (secondary N) is 1. The van der Waals surface area contributed by atoms with E-state index in [-0.39, 0.29) is 5.54 Å². The van der Waals surface area contributed by atoms with Crippen LogP contribution in [0, 0.1) is 6.92 Å². The maximum atomic E-state index is 3.46. The molecule has 1 aliphatic rings. The predicted octanol–water partition coefficient (Wildman–Crippen LogP) is 2.18. The second kappa shape index (κ2) is 4.56. The van der Waals surface area contributed by atoms with Gasteiger partial charge in [-0.2, -0.15) is 0 Å². The van der Waals surface area contributed by atoms with Crippen molar-refractivity contribution in [3.63, 3.8) is 0 Å². The number of benzene rings is 1. The van der Waals surface area contributed by atoms with Crippen LogP contribution in [0.5, 0.6) is 0 Å². The fourth-order valence-corrected chi connectivity index (χ4v) is 2.23. The fraction of sp³-hybridized carbons (Fsp3) is 0.571. The van der Waals surface area contributed by atoms with Gasteiger partial charge in [0.25, 0.3) is 0 Å². The summed E-state index contributed by atoms with van der Waals surface area (Å²) in [5.41, 5.74) is 3.02. The Hall–Kier alpha value is -0.860. The van der Waals surface area contributed by atoms with Crippen LogP contribution in [0.25, 0.3) is 0 Å². The van der Waals surface area contributed by atoms with Gasteiger partial charge in [0.2, 0.25) is 0 Å². The van der Waals surface area contributed by atoms with Gasteiger partial charge in [0, 0.05) is 31.7 Å². The molecule has 0 unspecified atom stereocenters. The molecule has 0 saturated carbocycles. The molecule has 0 amide bonds. The number of rotatable bonds is 2. The van der Waals surface area contributed by atoms with Crippen LogP contribution < -0.4 is 5.32 Å². The maximum Gasteiger partial charge on any atom is 0.0281 e. The Bertz CT molecular complexity index is 340. The van der Waals surface area contributed by atoms with Crippen LogP contribution >= 0.6 is 0 Å². The lowest BCUT2D eigenvalue weighted by Gasteiger charge is -2.42. The van der Waals surface area contributed by atoms with E-state index in [2.05, 4.69) is 55.3 Å². The molecule has 1 saturated heterocycles. The van der Waals surface area contributed by atoms with Crippen molar-refractivity contribution >= 4 is 0 Å². The third-order valence-electron chi connectivity index (χ3n) is 3.47. The van der Waals surface area contributed by atoms with Crippen molar-refractivity contribution in [2.45, 2.75) is 32.9 Å². The molecule has 1 aliphatic heterocycles. The number of hydrogen-bond acceptors (Lipinski definition) is 2. The zero-order valence-corrected chi connectivity index (χ0v) is 10.6. The van der Waals surface area contributed by atoms with Gasteiger partial charge in [-0.15, -0.1) is 0 Å². The molecular weight excluding hydrogens is 196 g/mol. The highest BCUT2D eigenvalue weighted by atomic mass is 15.2.